The van der Waals surface area contributed by atoms with Crippen LogP contribution in [0.25, 0.3) is 11.1 Å². The molecule has 0 aliphatic heterocycles. The average Bonchev–Trinajstić information content (AvgIpc) is 2.62. The lowest BCUT2D eigenvalue weighted by Gasteiger charge is -2.07. The van der Waals surface area contributed by atoms with Gasteiger partial charge < -0.3 is 5.32 Å². The Labute approximate surface area is 140 Å². The number of hydrogen-bond acceptors (Lipinski definition) is 3. The van der Waals surface area contributed by atoms with Gasteiger partial charge in [0.15, 0.2) is 0 Å². The first-order valence-electron chi connectivity index (χ1n) is 7.10. The molecular formula is C19H18FN3O. The number of rotatable bonds is 4. The third kappa shape index (κ3) is 4.23. The average molecular weight is 323 g/mol. The summed E-state index contributed by atoms with van der Waals surface area (Å²) in [7, 11) is 0. The van der Waals surface area contributed by atoms with Crippen molar-refractivity contribution >= 4 is 5.91 Å². The lowest BCUT2D eigenvalue weighted by molar-refractivity contribution is 0.0950. The number of halogens is 1. The van der Waals surface area contributed by atoms with E-state index >= 15 is 0 Å². The third-order valence-electron chi connectivity index (χ3n) is 3.36. The molecule has 0 spiro atoms. The van der Waals surface area contributed by atoms with E-state index in [0.717, 1.165) is 16.7 Å². The summed E-state index contributed by atoms with van der Waals surface area (Å²) >= 11 is 0. The zero-order chi connectivity index (χ0) is 16.1. The van der Waals surface area contributed by atoms with E-state index in [1.54, 1.807) is 36.8 Å². The van der Waals surface area contributed by atoms with E-state index in [-0.39, 0.29) is 19.2 Å². The molecule has 2 heterocycles. The van der Waals surface area contributed by atoms with Crippen molar-refractivity contribution in [2.45, 2.75) is 14.0 Å². The molecule has 0 radical (unpaired) electrons. The Hall–Kier alpha value is -3.08. The number of pyridine rings is 2. The SMILES string of the molecule is C.O=C(NCc1ccc(F)cc1)c1cncc(-c2cccnc2)c1. The van der Waals surface area contributed by atoms with Gasteiger partial charge >= 0.3 is 0 Å². The summed E-state index contributed by atoms with van der Waals surface area (Å²) in [5.74, 6) is -0.527. The Morgan fingerprint density at radius 1 is 1.00 bits per heavy atom. The van der Waals surface area contributed by atoms with Gasteiger partial charge in [-0.05, 0) is 29.8 Å². The summed E-state index contributed by atoms with van der Waals surface area (Å²) in [6.07, 6.45) is 6.61. The molecule has 0 saturated heterocycles. The molecule has 0 aliphatic carbocycles. The third-order valence-corrected chi connectivity index (χ3v) is 3.36. The van der Waals surface area contributed by atoms with Crippen LogP contribution in [0, 0.1) is 5.82 Å². The molecular weight excluding hydrogens is 305 g/mol. The monoisotopic (exact) mass is 323 g/mol. The first-order valence-corrected chi connectivity index (χ1v) is 7.10. The molecule has 0 saturated carbocycles. The van der Waals surface area contributed by atoms with Crippen molar-refractivity contribution in [1.82, 2.24) is 15.3 Å². The maximum absolute atomic E-state index is 12.9. The minimum atomic E-state index is -0.298. The highest BCUT2D eigenvalue weighted by molar-refractivity contribution is 5.94. The Balaban J connectivity index is 0.00000208. The predicted molar refractivity (Wildman–Crippen MR) is 91.8 cm³/mol. The highest BCUT2D eigenvalue weighted by Gasteiger charge is 2.08. The molecule has 122 valence electrons. The van der Waals surface area contributed by atoms with Gasteiger partial charge in [0.1, 0.15) is 5.82 Å². The van der Waals surface area contributed by atoms with Crippen LogP contribution >= 0.6 is 0 Å². The van der Waals surface area contributed by atoms with Crippen molar-refractivity contribution in [2.75, 3.05) is 0 Å². The maximum atomic E-state index is 12.9. The summed E-state index contributed by atoms with van der Waals surface area (Å²) in [6, 6.07) is 11.5. The highest BCUT2D eigenvalue weighted by atomic mass is 19.1. The first kappa shape index (κ1) is 17.3. The molecule has 2 aromatic heterocycles. The van der Waals surface area contributed by atoms with Crippen molar-refractivity contribution < 1.29 is 9.18 Å². The van der Waals surface area contributed by atoms with E-state index in [1.165, 1.54) is 18.3 Å². The molecule has 24 heavy (non-hydrogen) atoms. The van der Waals surface area contributed by atoms with Gasteiger partial charge in [-0.2, -0.15) is 0 Å². The van der Waals surface area contributed by atoms with Crippen molar-refractivity contribution in [3.63, 3.8) is 0 Å². The fraction of sp³-hybridized carbons (Fsp3) is 0.105. The molecule has 0 atom stereocenters. The first-order chi connectivity index (χ1) is 11.2. The fourth-order valence-corrected chi connectivity index (χ4v) is 2.14. The van der Waals surface area contributed by atoms with Crippen LogP contribution in [0.4, 0.5) is 4.39 Å². The quantitative estimate of drug-likeness (QED) is 0.793. The minimum Gasteiger partial charge on any atom is -0.348 e. The Morgan fingerprint density at radius 2 is 1.75 bits per heavy atom. The zero-order valence-corrected chi connectivity index (χ0v) is 12.2. The lowest BCUT2D eigenvalue weighted by atomic mass is 10.1. The Kier molecular flexibility index (Phi) is 5.73. The molecule has 0 aliphatic rings. The van der Waals surface area contributed by atoms with Gasteiger partial charge in [0.05, 0.1) is 5.56 Å². The van der Waals surface area contributed by atoms with Gasteiger partial charge in [0.2, 0.25) is 0 Å². The molecule has 1 amide bonds. The summed E-state index contributed by atoms with van der Waals surface area (Å²) in [5.41, 5.74) is 3.02. The number of hydrogen-bond donors (Lipinski definition) is 1. The number of amides is 1. The molecule has 4 nitrogen and oxygen atoms in total. The number of benzene rings is 1. The summed E-state index contributed by atoms with van der Waals surface area (Å²) < 4.78 is 12.9. The largest absolute Gasteiger partial charge is 0.348 e. The van der Waals surface area contributed by atoms with Crippen LogP contribution in [-0.2, 0) is 6.54 Å². The molecule has 5 heteroatoms. The molecule has 0 fully saturated rings. The molecule has 0 unspecified atom stereocenters. The van der Waals surface area contributed by atoms with Crippen molar-refractivity contribution in [3.8, 4) is 11.1 Å². The van der Waals surface area contributed by atoms with Gasteiger partial charge in [0, 0.05) is 42.5 Å². The number of carbonyl (C=O) groups is 1. The van der Waals surface area contributed by atoms with E-state index in [2.05, 4.69) is 15.3 Å². The van der Waals surface area contributed by atoms with Gasteiger partial charge in [0.25, 0.3) is 5.91 Å². The normalized spacial score (nSPS) is 9.88. The van der Waals surface area contributed by atoms with E-state index in [0.29, 0.717) is 12.1 Å². The minimum absolute atomic E-state index is 0. The summed E-state index contributed by atoms with van der Waals surface area (Å²) in [4.78, 5) is 20.4. The second-order valence-electron chi connectivity index (χ2n) is 5.01. The van der Waals surface area contributed by atoms with Gasteiger partial charge in [-0.1, -0.05) is 25.6 Å². The van der Waals surface area contributed by atoms with Crippen LogP contribution in [-0.4, -0.2) is 15.9 Å². The number of aromatic nitrogens is 2. The summed E-state index contributed by atoms with van der Waals surface area (Å²) in [6.45, 7) is 0.330. The van der Waals surface area contributed by atoms with E-state index in [9.17, 15) is 9.18 Å². The zero-order valence-electron chi connectivity index (χ0n) is 12.2. The molecule has 0 bridgehead atoms. The number of nitrogens with zero attached hydrogens (tertiary/aromatic N) is 2. The van der Waals surface area contributed by atoms with Crippen LogP contribution < -0.4 is 5.32 Å². The lowest BCUT2D eigenvalue weighted by Crippen LogP contribution is -2.22. The smallest absolute Gasteiger partial charge is 0.253 e. The van der Waals surface area contributed by atoms with Crippen LogP contribution in [0.2, 0.25) is 0 Å². The van der Waals surface area contributed by atoms with E-state index in [4.69, 9.17) is 0 Å². The Bertz CT molecular complexity index is 804. The predicted octanol–water partition coefficient (Wildman–Crippen LogP) is 3.85. The van der Waals surface area contributed by atoms with Crippen LogP contribution in [0.3, 0.4) is 0 Å². The number of carbonyl (C=O) groups excluding carboxylic acids is 1. The van der Waals surface area contributed by atoms with Gasteiger partial charge in [-0.15, -0.1) is 0 Å². The molecule has 3 rings (SSSR count). The second-order valence-corrected chi connectivity index (χ2v) is 5.01. The molecule has 1 aromatic carbocycles. The van der Waals surface area contributed by atoms with Crippen LogP contribution in [0.5, 0.6) is 0 Å². The maximum Gasteiger partial charge on any atom is 0.253 e. The fourth-order valence-electron chi connectivity index (χ4n) is 2.14. The van der Waals surface area contributed by atoms with Crippen LogP contribution in [0.1, 0.15) is 23.3 Å². The van der Waals surface area contributed by atoms with Crippen molar-refractivity contribution in [2.24, 2.45) is 0 Å². The van der Waals surface area contributed by atoms with E-state index < -0.39 is 0 Å². The second kappa shape index (κ2) is 7.97. The molecule has 1 N–H and O–H groups in total. The highest BCUT2D eigenvalue weighted by Crippen LogP contribution is 2.17. The molecule has 3 aromatic rings. The topological polar surface area (TPSA) is 54.9 Å². The number of nitrogens with one attached hydrogen (secondary N) is 1. The summed E-state index contributed by atoms with van der Waals surface area (Å²) in [5, 5.41) is 2.80. The van der Waals surface area contributed by atoms with E-state index in [1.807, 2.05) is 12.1 Å². The van der Waals surface area contributed by atoms with Gasteiger partial charge in [-0.3, -0.25) is 14.8 Å². The van der Waals surface area contributed by atoms with Crippen molar-refractivity contribution in [1.29, 1.82) is 0 Å². The standard InChI is InChI=1S/C18H14FN3O.CH4/c19-17-5-3-13(4-6-17)9-22-18(23)16-8-15(11-21-12-16)14-2-1-7-20-10-14;/h1-8,10-12H,9H2,(H,22,23);1H4. The van der Waals surface area contributed by atoms with Gasteiger partial charge in [-0.25, -0.2) is 4.39 Å². The Morgan fingerprint density at radius 3 is 2.46 bits per heavy atom. The van der Waals surface area contributed by atoms with Crippen LogP contribution in [0.15, 0.2) is 67.3 Å². The van der Waals surface area contributed by atoms with Crippen molar-refractivity contribution in [3.05, 3.63) is 84.2 Å².